The molecule has 1 heterocycles. The first kappa shape index (κ1) is 11.6. The van der Waals surface area contributed by atoms with Crippen LogP contribution in [-0.4, -0.2) is 32.7 Å². The van der Waals surface area contributed by atoms with Gasteiger partial charge in [-0.1, -0.05) is 15.9 Å². The monoisotopic (exact) mass is 280 g/mol. The Morgan fingerprint density at radius 3 is 2.71 bits per heavy atom. The minimum atomic E-state index is -1.16. The number of aliphatic hydroxyl groups is 2. The molecule has 1 rings (SSSR count). The van der Waals surface area contributed by atoms with E-state index in [9.17, 15) is 15.0 Å². The van der Waals surface area contributed by atoms with Crippen molar-refractivity contribution in [3.63, 3.8) is 0 Å². The summed E-state index contributed by atoms with van der Waals surface area (Å²) in [5.41, 5.74) is 0.259. The van der Waals surface area contributed by atoms with Gasteiger partial charge in [-0.15, -0.1) is 11.3 Å². The topological polar surface area (TPSA) is 77.8 Å². The van der Waals surface area contributed by atoms with E-state index in [-0.39, 0.29) is 15.8 Å². The molecule has 0 spiro atoms. The van der Waals surface area contributed by atoms with Crippen molar-refractivity contribution in [2.45, 2.75) is 12.2 Å². The average molecular weight is 281 g/mol. The highest BCUT2D eigenvalue weighted by Gasteiger charge is 2.23. The molecule has 0 radical (unpaired) electrons. The fourth-order valence-corrected chi connectivity index (χ4v) is 2.15. The third-order valence-electron chi connectivity index (χ3n) is 1.73. The molecule has 4 nitrogen and oxygen atoms in total. The number of carboxylic acid groups (broad SMARTS) is 1. The molecule has 2 atom stereocenters. The van der Waals surface area contributed by atoms with E-state index in [0.717, 1.165) is 11.3 Å². The van der Waals surface area contributed by atoms with Crippen molar-refractivity contribution in [2.24, 2.45) is 0 Å². The van der Waals surface area contributed by atoms with Gasteiger partial charge >= 0.3 is 5.97 Å². The van der Waals surface area contributed by atoms with E-state index in [1.807, 2.05) is 0 Å². The molecule has 6 heteroatoms. The number of aliphatic hydroxyl groups excluding tert-OH is 2. The molecule has 0 saturated heterocycles. The highest BCUT2D eigenvalue weighted by atomic mass is 79.9. The number of carbonyl (C=O) groups is 1. The van der Waals surface area contributed by atoms with Crippen LogP contribution in [-0.2, 0) is 0 Å². The molecule has 0 fully saturated rings. The van der Waals surface area contributed by atoms with Crippen LogP contribution in [0.25, 0.3) is 0 Å². The Balaban J connectivity index is 2.94. The first-order valence-corrected chi connectivity index (χ1v) is 5.80. The van der Waals surface area contributed by atoms with Gasteiger partial charge in [-0.05, 0) is 11.4 Å². The normalized spacial score (nSPS) is 15.1. The zero-order valence-corrected chi connectivity index (χ0v) is 9.46. The number of aromatic carboxylic acids is 1. The Kier molecular flexibility index (Phi) is 4.06. The molecule has 0 saturated carbocycles. The van der Waals surface area contributed by atoms with Crippen molar-refractivity contribution in [3.8, 4) is 0 Å². The van der Waals surface area contributed by atoms with Crippen molar-refractivity contribution in [1.82, 2.24) is 0 Å². The van der Waals surface area contributed by atoms with Crippen LogP contribution < -0.4 is 0 Å². The van der Waals surface area contributed by atoms with Crippen LogP contribution in [0.5, 0.6) is 0 Å². The molecule has 0 aliphatic carbocycles. The van der Waals surface area contributed by atoms with Crippen LogP contribution in [0.1, 0.15) is 21.3 Å². The molecule has 0 aliphatic heterocycles. The summed E-state index contributed by atoms with van der Waals surface area (Å²) in [6.07, 6.45) is -2.16. The first-order chi connectivity index (χ1) is 6.57. The fraction of sp³-hybridized carbons (Fsp3) is 0.375. The van der Waals surface area contributed by atoms with E-state index in [4.69, 9.17) is 5.11 Å². The lowest BCUT2D eigenvalue weighted by Gasteiger charge is -2.14. The number of hydrogen-bond acceptors (Lipinski definition) is 4. The minimum absolute atomic E-state index is 0.0671. The first-order valence-electron chi connectivity index (χ1n) is 3.80. The molecule has 1 aromatic heterocycles. The molecular formula is C8H9BrO4S. The van der Waals surface area contributed by atoms with E-state index in [2.05, 4.69) is 15.9 Å². The smallest absolute Gasteiger partial charge is 0.346 e. The molecule has 14 heavy (non-hydrogen) atoms. The number of halogens is 1. The van der Waals surface area contributed by atoms with Crippen LogP contribution in [0.15, 0.2) is 11.4 Å². The van der Waals surface area contributed by atoms with Gasteiger partial charge in [0.1, 0.15) is 11.0 Å². The SMILES string of the molecule is O=C(O)c1sccc1C(O)C(O)CBr. The molecule has 0 aromatic carbocycles. The summed E-state index contributed by atoms with van der Waals surface area (Å²) in [7, 11) is 0. The van der Waals surface area contributed by atoms with Crippen molar-refractivity contribution < 1.29 is 20.1 Å². The average Bonchev–Trinajstić information content (AvgIpc) is 2.63. The van der Waals surface area contributed by atoms with E-state index >= 15 is 0 Å². The predicted octanol–water partition coefficient (Wildman–Crippen LogP) is 1.24. The summed E-state index contributed by atoms with van der Waals surface area (Å²) in [6, 6.07) is 1.50. The van der Waals surface area contributed by atoms with Gasteiger partial charge in [0.25, 0.3) is 0 Å². The van der Waals surface area contributed by atoms with Crippen LogP contribution in [0.2, 0.25) is 0 Å². The lowest BCUT2D eigenvalue weighted by atomic mass is 10.1. The number of thiophene rings is 1. The number of alkyl halides is 1. The maximum absolute atomic E-state index is 10.7. The van der Waals surface area contributed by atoms with Crippen LogP contribution >= 0.6 is 27.3 Å². The van der Waals surface area contributed by atoms with Crippen LogP contribution in [0.3, 0.4) is 0 Å². The van der Waals surface area contributed by atoms with E-state index in [1.54, 1.807) is 5.38 Å². The fourth-order valence-electron chi connectivity index (χ4n) is 1.02. The summed E-state index contributed by atoms with van der Waals surface area (Å²) in [4.78, 5) is 10.8. The van der Waals surface area contributed by atoms with Gasteiger partial charge in [-0.2, -0.15) is 0 Å². The summed E-state index contributed by atoms with van der Waals surface area (Å²) < 4.78 is 0. The largest absolute Gasteiger partial charge is 0.477 e. The molecular weight excluding hydrogens is 272 g/mol. The van der Waals surface area contributed by atoms with Crippen molar-refractivity contribution in [2.75, 3.05) is 5.33 Å². The van der Waals surface area contributed by atoms with Gasteiger partial charge in [0.15, 0.2) is 0 Å². The van der Waals surface area contributed by atoms with Crippen LogP contribution in [0, 0.1) is 0 Å². The Hall–Kier alpha value is -0.430. The van der Waals surface area contributed by atoms with Crippen molar-refractivity contribution >= 4 is 33.2 Å². The van der Waals surface area contributed by atoms with Gasteiger partial charge in [0, 0.05) is 10.9 Å². The Labute approximate surface area is 92.9 Å². The van der Waals surface area contributed by atoms with Crippen LogP contribution in [0.4, 0.5) is 0 Å². The second-order valence-corrected chi connectivity index (χ2v) is 4.24. The number of rotatable bonds is 4. The van der Waals surface area contributed by atoms with E-state index in [1.165, 1.54) is 6.07 Å². The lowest BCUT2D eigenvalue weighted by Crippen LogP contribution is -2.20. The quantitative estimate of drug-likeness (QED) is 0.725. The second kappa shape index (κ2) is 4.88. The summed E-state index contributed by atoms with van der Waals surface area (Å²) >= 11 is 4.04. The van der Waals surface area contributed by atoms with E-state index < -0.39 is 18.2 Å². The molecule has 2 unspecified atom stereocenters. The summed E-state index contributed by atoms with van der Waals surface area (Å²) in [6.45, 7) is 0. The predicted molar refractivity (Wildman–Crippen MR) is 56.0 cm³/mol. The molecule has 78 valence electrons. The van der Waals surface area contributed by atoms with Crippen molar-refractivity contribution in [3.05, 3.63) is 21.9 Å². The molecule has 0 amide bonds. The van der Waals surface area contributed by atoms with Crippen molar-refractivity contribution in [1.29, 1.82) is 0 Å². The summed E-state index contributed by atoms with van der Waals surface area (Å²) in [5, 5.41) is 29.4. The zero-order valence-electron chi connectivity index (χ0n) is 7.05. The highest BCUT2D eigenvalue weighted by Crippen LogP contribution is 2.26. The van der Waals surface area contributed by atoms with Gasteiger partial charge in [0.05, 0.1) is 6.10 Å². The molecule has 1 aromatic rings. The third-order valence-corrected chi connectivity index (χ3v) is 3.31. The Bertz CT molecular complexity index is 325. The zero-order chi connectivity index (χ0) is 10.7. The Morgan fingerprint density at radius 1 is 1.57 bits per heavy atom. The van der Waals surface area contributed by atoms with Gasteiger partial charge in [-0.25, -0.2) is 4.79 Å². The number of hydrogen-bond donors (Lipinski definition) is 3. The molecule has 0 aliphatic rings. The summed E-state index contributed by atoms with van der Waals surface area (Å²) in [5.74, 6) is -1.09. The maximum Gasteiger partial charge on any atom is 0.346 e. The second-order valence-electron chi connectivity index (χ2n) is 2.68. The standard InChI is InChI=1S/C8H9BrO4S/c9-3-5(10)6(11)4-1-2-14-7(4)8(12)13/h1-2,5-6,10-11H,3H2,(H,12,13). The lowest BCUT2D eigenvalue weighted by molar-refractivity contribution is 0.0332. The Morgan fingerprint density at radius 2 is 2.21 bits per heavy atom. The van der Waals surface area contributed by atoms with E-state index in [0.29, 0.717) is 0 Å². The number of carboxylic acids is 1. The molecule has 3 N–H and O–H groups in total. The third kappa shape index (κ3) is 2.33. The minimum Gasteiger partial charge on any atom is -0.477 e. The van der Waals surface area contributed by atoms with Gasteiger partial charge < -0.3 is 15.3 Å². The maximum atomic E-state index is 10.7. The van der Waals surface area contributed by atoms with Gasteiger partial charge in [0.2, 0.25) is 0 Å². The molecule has 0 bridgehead atoms. The highest BCUT2D eigenvalue weighted by molar-refractivity contribution is 9.09. The van der Waals surface area contributed by atoms with Gasteiger partial charge in [-0.3, -0.25) is 0 Å².